The van der Waals surface area contributed by atoms with E-state index >= 15 is 0 Å². The predicted octanol–water partition coefficient (Wildman–Crippen LogP) is 2.97. The molecule has 0 amide bonds. The second-order valence-corrected chi connectivity index (χ2v) is 3.89. The van der Waals surface area contributed by atoms with Crippen LogP contribution in [0.1, 0.15) is 11.7 Å². The molecule has 1 aromatic carbocycles. The molecule has 0 radical (unpaired) electrons. The molecule has 0 aliphatic heterocycles. The molecule has 2 nitrogen and oxygen atoms in total. The summed E-state index contributed by atoms with van der Waals surface area (Å²) in [5.74, 6) is 0.786. The van der Waals surface area contributed by atoms with Crippen molar-refractivity contribution >= 4 is 35.8 Å². The molecule has 0 bridgehead atoms. The first-order valence-corrected chi connectivity index (χ1v) is 5.30. The number of benzene rings is 1. The molecule has 1 unspecified atom stereocenters. The lowest BCUT2D eigenvalue weighted by atomic mass is 10.1. The van der Waals surface area contributed by atoms with Gasteiger partial charge in [-0.1, -0.05) is 23.2 Å². The lowest BCUT2D eigenvalue weighted by Crippen LogP contribution is -2.00. The van der Waals surface area contributed by atoms with Gasteiger partial charge in [-0.3, -0.25) is 0 Å². The van der Waals surface area contributed by atoms with Gasteiger partial charge in [-0.15, -0.1) is 0 Å². The topological polar surface area (TPSA) is 29.5 Å². The minimum Gasteiger partial charge on any atom is -0.495 e. The van der Waals surface area contributed by atoms with Crippen LogP contribution in [0.2, 0.25) is 10.0 Å². The van der Waals surface area contributed by atoms with Gasteiger partial charge in [0.05, 0.1) is 23.3 Å². The molecule has 1 rings (SSSR count). The molecular weight excluding hydrogens is 243 g/mol. The zero-order valence-corrected chi connectivity index (χ0v) is 9.90. The van der Waals surface area contributed by atoms with Gasteiger partial charge in [-0.05, 0) is 6.07 Å². The van der Waals surface area contributed by atoms with Crippen LogP contribution >= 0.6 is 35.8 Å². The van der Waals surface area contributed by atoms with Crippen LogP contribution in [0.3, 0.4) is 0 Å². The van der Waals surface area contributed by atoms with Crippen LogP contribution in [0.5, 0.6) is 5.75 Å². The van der Waals surface area contributed by atoms with Gasteiger partial charge in [0.15, 0.2) is 0 Å². The molecule has 0 aliphatic rings. The van der Waals surface area contributed by atoms with E-state index in [1.807, 2.05) is 0 Å². The van der Waals surface area contributed by atoms with Gasteiger partial charge in [-0.2, -0.15) is 12.6 Å². The Morgan fingerprint density at radius 1 is 1.43 bits per heavy atom. The molecule has 1 N–H and O–H groups in total. The van der Waals surface area contributed by atoms with Gasteiger partial charge in [0.1, 0.15) is 5.75 Å². The van der Waals surface area contributed by atoms with Crippen LogP contribution in [0.25, 0.3) is 0 Å². The highest BCUT2D eigenvalue weighted by Crippen LogP contribution is 2.34. The van der Waals surface area contributed by atoms with Crippen molar-refractivity contribution in [3.63, 3.8) is 0 Å². The summed E-state index contributed by atoms with van der Waals surface area (Å²) in [7, 11) is 1.51. The maximum atomic E-state index is 9.54. The van der Waals surface area contributed by atoms with Crippen molar-refractivity contribution in [2.45, 2.75) is 6.10 Å². The average Bonchev–Trinajstić information content (AvgIpc) is 2.19. The quantitative estimate of drug-likeness (QED) is 0.811. The number of halogens is 2. The van der Waals surface area contributed by atoms with E-state index in [0.29, 0.717) is 27.1 Å². The van der Waals surface area contributed by atoms with Crippen molar-refractivity contribution < 1.29 is 9.84 Å². The van der Waals surface area contributed by atoms with Crippen molar-refractivity contribution in [3.05, 3.63) is 27.7 Å². The molecule has 0 aliphatic carbocycles. The third kappa shape index (κ3) is 2.48. The minimum absolute atomic E-state index is 0.294. The van der Waals surface area contributed by atoms with Gasteiger partial charge < -0.3 is 9.84 Å². The van der Waals surface area contributed by atoms with Crippen LogP contribution in [-0.4, -0.2) is 18.0 Å². The Balaban J connectivity index is 3.14. The molecule has 1 atom stereocenters. The van der Waals surface area contributed by atoms with Crippen molar-refractivity contribution in [2.24, 2.45) is 0 Å². The summed E-state index contributed by atoms with van der Waals surface area (Å²) in [5, 5.41) is 10.4. The summed E-state index contributed by atoms with van der Waals surface area (Å²) in [6, 6.07) is 3.16. The number of hydrogen-bond donors (Lipinski definition) is 2. The number of ether oxygens (including phenoxy) is 1. The summed E-state index contributed by atoms with van der Waals surface area (Å²) in [5.41, 5.74) is 0.562. The van der Waals surface area contributed by atoms with Crippen molar-refractivity contribution in [1.29, 1.82) is 0 Å². The van der Waals surface area contributed by atoms with Crippen LogP contribution in [-0.2, 0) is 0 Å². The van der Waals surface area contributed by atoms with Crippen molar-refractivity contribution in [1.82, 2.24) is 0 Å². The smallest absolute Gasteiger partial charge is 0.138 e. The Bertz CT molecular complexity index is 331. The monoisotopic (exact) mass is 252 g/mol. The molecule has 0 saturated carbocycles. The molecule has 78 valence electrons. The summed E-state index contributed by atoms with van der Waals surface area (Å²) >= 11 is 15.8. The first-order chi connectivity index (χ1) is 6.60. The Labute approximate surface area is 98.2 Å². The van der Waals surface area contributed by atoms with Crippen LogP contribution in [0.15, 0.2) is 12.1 Å². The molecule has 14 heavy (non-hydrogen) atoms. The van der Waals surface area contributed by atoms with E-state index in [9.17, 15) is 5.11 Å². The van der Waals surface area contributed by atoms with Crippen LogP contribution in [0.4, 0.5) is 0 Å². The number of thiol groups is 1. The molecular formula is C9H10Cl2O2S. The summed E-state index contributed by atoms with van der Waals surface area (Å²) in [6.07, 6.45) is -0.714. The standard InChI is InChI=1S/C9H10Cl2O2S/c1-13-9-3-6(10)5(2-7(9)11)8(12)4-14/h2-3,8,12,14H,4H2,1H3. The lowest BCUT2D eigenvalue weighted by molar-refractivity contribution is 0.204. The predicted molar refractivity (Wildman–Crippen MR) is 61.8 cm³/mol. The highest BCUT2D eigenvalue weighted by molar-refractivity contribution is 7.80. The summed E-state index contributed by atoms with van der Waals surface area (Å²) in [6.45, 7) is 0. The fourth-order valence-electron chi connectivity index (χ4n) is 1.05. The third-order valence-corrected chi connectivity index (χ3v) is 2.77. The molecule has 0 aromatic heterocycles. The van der Waals surface area contributed by atoms with E-state index < -0.39 is 6.10 Å². The zero-order valence-electron chi connectivity index (χ0n) is 7.50. The Kier molecular flexibility index (Phi) is 4.38. The fraction of sp³-hybridized carbons (Fsp3) is 0.333. The Morgan fingerprint density at radius 2 is 2.07 bits per heavy atom. The maximum Gasteiger partial charge on any atom is 0.138 e. The maximum absolute atomic E-state index is 9.54. The Hall–Kier alpha value is -0.0900. The molecule has 1 aromatic rings. The van der Waals surface area contributed by atoms with E-state index in [-0.39, 0.29) is 0 Å². The number of hydrogen-bond acceptors (Lipinski definition) is 3. The van der Waals surface area contributed by atoms with Gasteiger partial charge in [-0.25, -0.2) is 0 Å². The SMILES string of the molecule is COc1cc(Cl)c(C(O)CS)cc1Cl. The number of aliphatic hydroxyl groups is 1. The van der Waals surface area contributed by atoms with Crippen molar-refractivity contribution in [2.75, 3.05) is 12.9 Å². The Morgan fingerprint density at radius 3 is 2.57 bits per heavy atom. The first-order valence-electron chi connectivity index (χ1n) is 3.92. The van der Waals surface area contributed by atoms with Gasteiger partial charge >= 0.3 is 0 Å². The van der Waals surface area contributed by atoms with E-state index in [0.717, 1.165) is 0 Å². The number of methoxy groups -OCH3 is 1. The number of rotatable bonds is 3. The van der Waals surface area contributed by atoms with Gasteiger partial charge in [0.25, 0.3) is 0 Å². The first kappa shape index (κ1) is 12.0. The summed E-state index contributed by atoms with van der Waals surface area (Å²) in [4.78, 5) is 0. The van der Waals surface area contributed by atoms with E-state index in [1.54, 1.807) is 12.1 Å². The van der Waals surface area contributed by atoms with E-state index in [4.69, 9.17) is 27.9 Å². The molecule has 5 heteroatoms. The second kappa shape index (κ2) is 5.12. The van der Waals surface area contributed by atoms with Gasteiger partial charge in [0, 0.05) is 17.4 Å². The van der Waals surface area contributed by atoms with Crippen molar-refractivity contribution in [3.8, 4) is 5.75 Å². The van der Waals surface area contributed by atoms with E-state index in [1.165, 1.54) is 7.11 Å². The average molecular weight is 253 g/mol. The fourth-order valence-corrected chi connectivity index (χ4v) is 1.78. The van der Waals surface area contributed by atoms with E-state index in [2.05, 4.69) is 12.6 Å². The van der Waals surface area contributed by atoms with Crippen LogP contribution < -0.4 is 4.74 Å². The largest absolute Gasteiger partial charge is 0.495 e. The second-order valence-electron chi connectivity index (χ2n) is 2.71. The normalized spacial score (nSPS) is 12.6. The highest BCUT2D eigenvalue weighted by atomic mass is 35.5. The zero-order chi connectivity index (χ0) is 10.7. The molecule has 0 saturated heterocycles. The summed E-state index contributed by atoms with van der Waals surface area (Å²) < 4.78 is 4.98. The highest BCUT2D eigenvalue weighted by Gasteiger charge is 2.13. The lowest BCUT2D eigenvalue weighted by Gasteiger charge is -2.12. The molecule has 0 spiro atoms. The van der Waals surface area contributed by atoms with Gasteiger partial charge in [0.2, 0.25) is 0 Å². The number of aliphatic hydroxyl groups excluding tert-OH is 1. The third-order valence-electron chi connectivity index (χ3n) is 1.80. The molecule has 0 heterocycles. The molecule has 0 fully saturated rings. The van der Waals surface area contributed by atoms with Crippen LogP contribution in [0, 0.1) is 0 Å². The minimum atomic E-state index is -0.714.